The van der Waals surface area contributed by atoms with Crippen LogP contribution in [0.15, 0.2) is 30.6 Å². The lowest BCUT2D eigenvalue weighted by molar-refractivity contribution is 0.0697. The molecular weight excluding hydrogens is 222 g/mol. The number of rotatable bonds is 4. The van der Waals surface area contributed by atoms with Gasteiger partial charge in [-0.2, -0.15) is 5.10 Å². The lowest BCUT2D eigenvalue weighted by atomic mass is 10.2. The quantitative estimate of drug-likeness (QED) is 0.855. The maximum Gasteiger partial charge on any atom is 0.335 e. The summed E-state index contributed by atoms with van der Waals surface area (Å²) in [5.41, 5.74) is 0.232. The number of carboxylic acids is 1. The van der Waals surface area contributed by atoms with Gasteiger partial charge >= 0.3 is 5.97 Å². The zero-order valence-electron chi connectivity index (χ0n) is 9.20. The van der Waals surface area contributed by atoms with E-state index in [0.29, 0.717) is 18.2 Å². The normalized spacial score (nSPS) is 10.2. The molecule has 1 aromatic carbocycles. The van der Waals surface area contributed by atoms with Crippen molar-refractivity contribution in [3.8, 4) is 5.75 Å². The molecule has 2 aromatic rings. The topological polar surface area (TPSA) is 77.2 Å². The van der Waals surface area contributed by atoms with Crippen LogP contribution in [0.25, 0.3) is 0 Å². The molecule has 0 saturated carbocycles. The zero-order valence-corrected chi connectivity index (χ0v) is 9.20. The number of hydrogen-bond donors (Lipinski definition) is 1. The lowest BCUT2D eigenvalue weighted by Crippen LogP contribution is -2.04. The number of aromatic carboxylic acids is 1. The van der Waals surface area contributed by atoms with Crippen LogP contribution in [0.4, 0.5) is 0 Å². The van der Waals surface area contributed by atoms with Crippen molar-refractivity contribution < 1.29 is 14.6 Å². The molecule has 2 rings (SSSR count). The molecule has 6 nitrogen and oxygen atoms in total. The van der Waals surface area contributed by atoms with E-state index in [4.69, 9.17) is 9.84 Å². The van der Waals surface area contributed by atoms with E-state index < -0.39 is 5.97 Å². The third kappa shape index (κ3) is 2.60. The number of nitrogens with zero attached hydrogens (tertiary/aromatic N) is 3. The monoisotopic (exact) mass is 233 g/mol. The Morgan fingerprint density at radius 1 is 1.41 bits per heavy atom. The van der Waals surface area contributed by atoms with Crippen molar-refractivity contribution >= 4 is 5.97 Å². The summed E-state index contributed by atoms with van der Waals surface area (Å²) in [5, 5.41) is 12.6. The molecule has 0 aliphatic heterocycles. The zero-order chi connectivity index (χ0) is 12.3. The second-order valence-corrected chi connectivity index (χ2v) is 3.42. The number of aryl methyl sites for hydroxylation is 1. The molecule has 1 N–H and O–H groups in total. The van der Waals surface area contributed by atoms with Gasteiger partial charge in [-0.25, -0.2) is 9.78 Å². The van der Waals surface area contributed by atoms with Crippen molar-refractivity contribution in [2.75, 3.05) is 0 Å². The van der Waals surface area contributed by atoms with Crippen molar-refractivity contribution in [1.82, 2.24) is 14.8 Å². The Hall–Kier alpha value is -2.37. The standard InChI is InChI=1S/C11H11N3O3/c1-14-10(12-7-13-14)6-17-9-4-2-8(3-5-9)11(15)16/h2-5,7H,6H2,1H3,(H,15,16). The molecule has 6 heteroatoms. The van der Waals surface area contributed by atoms with Gasteiger partial charge in [0.25, 0.3) is 0 Å². The Morgan fingerprint density at radius 2 is 2.12 bits per heavy atom. The number of ether oxygens (including phenoxy) is 1. The van der Waals surface area contributed by atoms with E-state index in [-0.39, 0.29) is 5.56 Å². The van der Waals surface area contributed by atoms with Gasteiger partial charge in [0.15, 0.2) is 5.82 Å². The Balaban J connectivity index is 2.00. The van der Waals surface area contributed by atoms with E-state index in [1.807, 2.05) is 0 Å². The molecule has 1 aromatic heterocycles. The highest BCUT2D eigenvalue weighted by Crippen LogP contribution is 2.13. The molecule has 0 atom stereocenters. The third-order valence-corrected chi connectivity index (χ3v) is 2.27. The van der Waals surface area contributed by atoms with E-state index >= 15 is 0 Å². The minimum absolute atomic E-state index is 0.232. The van der Waals surface area contributed by atoms with Crippen LogP contribution in [0.5, 0.6) is 5.75 Å². The first-order chi connectivity index (χ1) is 8.16. The average Bonchev–Trinajstić information content (AvgIpc) is 2.73. The summed E-state index contributed by atoms with van der Waals surface area (Å²) in [6, 6.07) is 6.21. The molecule has 0 aliphatic carbocycles. The van der Waals surface area contributed by atoms with Crippen LogP contribution < -0.4 is 4.74 Å². The van der Waals surface area contributed by atoms with Gasteiger partial charge < -0.3 is 9.84 Å². The summed E-state index contributed by atoms with van der Waals surface area (Å²) in [4.78, 5) is 14.6. The highest BCUT2D eigenvalue weighted by atomic mass is 16.5. The molecule has 0 spiro atoms. The van der Waals surface area contributed by atoms with Gasteiger partial charge in [-0.05, 0) is 24.3 Å². The SMILES string of the molecule is Cn1ncnc1COc1ccc(C(=O)O)cc1. The van der Waals surface area contributed by atoms with E-state index in [1.54, 1.807) is 23.9 Å². The highest BCUT2D eigenvalue weighted by Gasteiger charge is 2.04. The Bertz CT molecular complexity index is 519. The van der Waals surface area contributed by atoms with E-state index in [2.05, 4.69) is 10.1 Å². The minimum atomic E-state index is -0.954. The first-order valence-electron chi connectivity index (χ1n) is 4.96. The Morgan fingerprint density at radius 3 is 2.65 bits per heavy atom. The van der Waals surface area contributed by atoms with Crippen molar-refractivity contribution in [2.24, 2.45) is 7.05 Å². The average molecular weight is 233 g/mol. The fourth-order valence-electron chi connectivity index (χ4n) is 1.29. The Kier molecular flexibility index (Phi) is 3.04. The first-order valence-corrected chi connectivity index (χ1v) is 4.96. The summed E-state index contributed by atoms with van der Waals surface area (Å²) in [5.74, 6) is 0.343. The predicted octanol–water partition coefficient (Wildman–Crippen LogP) is 1.09. The smallest absolute Gasteiger partial charge is 0.335 e. The van der Waals surface area contributed by atoms with Gasteiger partial charge in [0.1, 0.15) is 18.7 Å². The highest BCUT2D eigenvalue weighted by molar-refractivity contribution is 5.87. The molecule has 0 radical (unpaired) electrons. The van der Waals surface area contributed by atoms with Crippen LogP contribution in [-0.4, -0.2) is 25.8 Å². The van der Waals surface area contributed by atoms with Crippen LogP contribution >= 0.6 is 0 Å². The van der Waals surface area contributed by atoms with Crippen LogP contribution in [0.3, 0.4) is 0 Å². The van der Waals surface area contributed by atoms with Crippen molar-refractivity contribution in [1.29, 1.82) is 0 Å². The maximum atomic E-state index is 10.6. The van der Waals surface area contributed by atoms with Gasteiger partial charge in [0.2, 0.25) is 0 Å². The number of aromatic nitrogens is 3. The van der Waals surface area contributed by atoms with Crippen LogP contribution in [0.2, 0.25) is 0 Å². The lowest BCUT2D eigenvalue weighted by Gasteiger charge is -2.05. The van der Waals surface area contributed by atoms with Crippen molar-refractivity contribution in [3.63, 3.8) is 0 Å². The molecule has 0 unspecified atom stereocenters. The van der Waals surface area contributed by atoms with Crippen LogP contribution in [-0.2, 0) is 13.7 Å². The third-order valence-electron chi connectivity index (χ3n) is 2.27. The number of benzene rings is 1. The largest absolute Gasteiger partial charge is 0.486 e. The van der Waals surface area contributed by atoms with E-state index in [0.717, 1.165) is 0 Å². The van der Waals surface area contributed by atoms with E-state index in [9.17, 15) is 4.79 Å². The molecule has 0 saturated heterocycles. The summed E-state index contributed by atoms with van der Waals surface area (Å²) in [6.07, 6.45) is 1.45. The minimum Gasteiger partial charge on any atom is -0.486 e. The van der Waals surface area contributed by atoms with Gasteiger partial charge in [-0.15, -0.1) is 0 Å². The molecule has 0 aliphatic rings. The van der Waals surface area contributed by atoms with Crippen LogP contribution in [0.1, 0.15) is 16.2 Å². The Labute approximate surface area is 97.5 Å². The predicted molar refractivity (Wildman–Crippen MR) is 58.7 cm³/mol. The number of hydrogen-bond acceptors (Lipinski definition) is 4. The van der Waals surface area contributed by atoms with Crippen molar-refractivity contribution in [3.05, 3.63) is 42.0 Å². The van der Waals surface area contributed by atoms with Gasteiger partial charge in [0.05, 0.1) is 5.56 Å². The fourth-order valence-corrected chi connectivity index (χ4v) is 1.29. The summed E-state index contributed by atoms with van der Waals surface area (Å²) in [7, 11) is 1.78. The van der Waals surface area contributed by atoms with E-state index in [1.165, 1.54) is 18.5 Å². The number of carbonyl (C=O) groups is 1. The molecule has 0 bridgehead atoms. The second-order valence-electron chi connectivity index (χ2n) is 3.42. The van der Waals surface area contributed by atoms with Gasteiger partial charge in [0, 0.05) is 7.05 Å². The van der Waals surface area contributed by atoms with Crippen LogP contribution in [0, 0.1) is 0 Å². The maximum absolute atomic E-state index is 10.6. The molecule has 88 valence electrons. The second kappa shape index (κ2) is 4.65. The molecular formula is C11H11N3O3. The number of carboxylic acid groups (broad SMARTS) is 1. The fraction of sp³-hybridized carbons (Fsp3) is 0.182. The first kappa shape index (κ1) is 11.1. The molecule has 17 heavy (non-hydrogen) atoms. The molecule has 1 heterocycles. The van der Waals surface area contributed by atoms with Gasteiger partial charge in [-0.3, -0.25) is 4.68 Å². The van der Waals surface area contributed by atoms with Gasteiger partial charge in [-0.1, -0.05) is 0 Å². The summed E-state index contributed by atoms with van der Waals surface area (Å²) < 4.78 is 7.07. The summed E-state index contributed by atoms with van der Waals surface area (Å²) >= 11 is 0. The van der Waals surface area contributed by atoms with Crippen molar-refractivity contribution in [2.45, 2.75) is 6.61 Å². The molecule has 0 amide bonds. The summed E-state index contributed by atoms with van der Waals surface area (Å²) in [6.45, 7) is 0.295. The molecule has 0 fully saturated rings.